The van der Waals surface area contributed by atoms with Crippen molar-refractivity contribution >= 4 is 34.7 Å². The minimum atomic E-state index is -0.749. The first-order valence-electron chi connectivity index (χ1n) is 11.1. The average Bonchev–Trinajstić information content (AvgIpc) is 3.31. The summed E-state index contributed by atoms with van der Waals surface area (Å²) in [6, 6.07) is 13.1. The number of benzene rings is 3. The van der Waals surface area contributed by atoms with Gasteiger partial charge in [0, 0.05) is 41.9 Å². The second kappa shape index (κ2) is 10.2. The Bertz CT molecular complexity index is 1470. The molecule has 1 amide bonds. The van der Waals surface area contributed by atoms with Crippen LogP contribution in [-0.2, 0) is 4.79 Å². The summed E-state index contributed by atoms with van der Waals surface area (Å²) >= 11 is 6.42. The van der Waals surface area contributed by atoms with Crippen molar-refractivity contribution in [2.45, 2.75) is 20.8 Å². The van der Waals surface area contributed by atoms with E-state index in [1.807, 2.05) is 19.9 Å². The summed E-state index contributed by atoms with van der Waals surface area (Å²) in [7, 11) is 0. The van der Waals surface area contributed by atoms with Crippen LogP contribution in [0.15, 0.2) is 60.8 Å². The summed E-state index contributed by atoms with van der Waals surface area (Å²) in [5, 5.41) is 12.6. The maximum atomic E-state index is 14.0. The Morgan fingerprint density at radius 3 is 2.50 bits per heavy atom. The molecule has 1 aromatic heterocycles. The van der Waals surface area contributed by atoms with E-state index in [0.717, 1.165) is 17.7 Å². The molecule has 0 spiro atoms. The van der Waals surface area contributed by atoms with Crippen LogP contribution in [0.25, 0.3) is 11.3 Å². The Kier molecular flexibility index (Phi) is 7.12. The summed E-state index contributed by atoms with van der Waals surface area (Å²) in [5.74, 6) is -1.91. The van der Waals surface area contributed by atoms with Crippen LogP contribution >= 0.6 is 11.6 Å². The van der Waals surface area contributed by atoms with Crippen molar-refractivity contribution in [3.63, 3.8) is 0 Å². The molecule has 0 unspecified atom stereocenters. The highest BCUT2D eigenvalue weighted by Crippen LogP contribution is 2.29. The number of nitrogens with one attached hydrogen (secondary N) is 1. The van der Waals surface area contributed by atoms with Gasteiger partial charge in [-0.3, -0.25) is 9.59 Å². The van der Waals surface area contributed by atoms with Crippen molar-refractivity contribution in [2.75, 3.05) is 16.9 Å². The maximum absolute atomic E-state index is 14.0. The van der Waals surface area contributed by atoms with Crippen LogP contribution in [0, 0.1) is 18.6 Å². The van der Waals surface area contributed by atoms with E-state index in [2.05, 4.69) is 15.6 Å². The molecule has 1 heterocycles. The van der Waals surface area contributed by atoms with E-state index in [1.165, 1.54) is 28.9 Å². The molecule has 0 bridgehead atoms. The first kappa shape index (κ1) is 25.0. The van der Waals surface area contributed by atoms with Crippen molar-refractivity contribution < 1.29 is 18.4 Å². The summed E-state index contributed by atoms with van der Waals surface area (Å²) in [4.78, 5) is 26.5. The number of aromatic nitrogens is 3. The molecule has 0 saturated carbocycles. The molecular weight excluding hydrogens is 488 g/mol. The zero-order valence-corrected chi connectivity index (χ0v) is 20.5. The van der Waals surface area contributed by atoms with Gasteiger partial charge in [0.05, 0.1) is 16.9 Å². The zero-order chi connectivity index (χ0) is 26.0. The molecule has 0 aliphatic rings. The lowest BCUT2D eigenvalue weighted by atomic mass is 9.96. The first-order valence-corrected chi connectivity index (χ1v) is 11.4. The lowest BCUT2D eigenvalue weighted by Crippen LogP contribution is -2.39. The molecule has 0 aliphatic carbocycles. The van der Waals surface area contributed by atoms with Crippen molar-refractivity contribution in [2.24, 2.45) is 0 Å². The van der Waals surface area contributed by atoms with E-state index >= 15 is 0 Å². The Morgan fingerprint density at radius 2 is 1.83 bits per heavy atom. The summed E-state index contributed by atoms with van der Waals surface area (Å²) in [6.45, 7) is 5.50. The van der Waals surface area contributed by atoms with Gasteiger partial charge in [-0.1, -0.05) is 23.7 Å². The molecule has 4 aromatic rings. The number of ketones is 1. The Hall–Kier alpha value is -4.11. The van der Waals surface area contributed by atoms with Crippen LogP contribution in [0.4, 0.5) is 20.2 Å². The highest BCUT2D eigenvalue weighted by molar-refractivity contribution is 6.35. The van der Waals surface area contributed by atoms with E-state index in [0.29, 0.717) is 29.1 Å². The third-order valence-electron chi connectivity index (χ3n) is 5.59. The monoisotopic (exact) mass is 509 g/mol. The Balaban J connectivity index is 1.61. The maximum Gasteiger partial charge on any atom is 0.239 e. The third-order valence-corrected chi connectivity index (χ3v) is 5.91. The number of rotatable bonds is 7. The molecule has 0 saturated heterocycles. The molecule has 7 nitrogen and oxygen atoms in total. The van der Waals surface area contributed by atoms with E-state index < -0.39 is 11.6 Å². The van der Waals surface area contributed by atoms with Crippen molar-refractivity contribution in [3.8, 4) is 11.3 Å². The molecular formula is C26H22ClF2N5O2. The van der Waals surface area contributed by atoms with Crippen LogP contribution in [-0.4, -0.2) is 33.3 Å². The van der Waals surface area contributed by atoms with Crippen LogP contribution in [0.3, 0.4) is 0 Å². The third kappa shape index (κ3) is 5.11. The SMILES string of the molecule is CCN(C(C)=O)n1cc(-c2ccc(C)c(C(=O)c3ccc(Nc4ccc(F)cc4F)cc3Cl)c2)nn1. The smallest absolute Gasteiger partial charge is 0.239 e. The number of aryl methyl sites for hydroxylation is 1. The van der Waals surface area contributed by atoms with Gasteiger partial charge in [0.25, 0.3) is 0 Å². The molecule has 0 aliphatic heterocycles. The lowest BCUT2D eigenvalue weighted by molar-refractivity contribution is -0.118. The van der Waals surface area contributed by atoms with Gasteiger partial charge in [0.2, 0.25) is 5.91 Å². The quantitative estimate of drug-likeness (QED) is 0.325. The van der Waals surface area contributed by atoms with Crippen molar-refractivity contribution in [1.82, 2.24) is 15.1 Å². The summed E-state index contributed by atoms with van der Waals surface area (Å²) < 4.78 is 27.1. The number of hydrogen-bond acceptors (Lipinski definition) is 5. The summed E-state index contributed by atoms with van der Waals surface area (Å²) in [6.07, 6.45) is 1.62. The molecule has 10 heteroatoms. The van der Waals surface area contributed by atoms with Crippen LogP contribution in [0.1, 0.15) is 35.3 Å². The van der Waals surface area contributed by atoms with Gasteiger partial charge in [0.15, 0.2) is 5.78 Å². The van der Waals surface area contributed by atoms with E-state index in [9.17, 15) is 18.4 Å². The number of halogens is 3. The molecule has 3 aromatic carbocycles. The molecule has 4 rings (SSSR count). The van der Waals surface area contributed by atoms with Gasteiger partial charge in [-0.25, -0.2) is 13.8 Å². The topological polar surface area (TPSA) is 80.1 Å². The minimum absolute atomic E-state index is 0.0783. The highest BCUT2D eigenvalue weighted by Gasteiger charge is 2.18. The second-order valence-electron chi connectivity index (χ2n) is 8.06. The van der Waals surface area contributed by atoms with Gasteiger partial charge in [-0.05, 0) is 61.0 Å². The first-order chi connectivity index (χ1) is 17.2. The van der Waals surface area contributed by atoms with Gasteiger partial charge < -0.3 is 5.32 Å². The highest BCUT2D eigenvalue weighted by atomic mass is 35.5. The predicted molar refractivity (Wildman–Crippen MR) is 134 cm³/mol. The van der Waals surface area contributed by atoms with Crippen LogP contribution in [0.2, 0.25) is 5.02 Å². The fourth-order valence-corrected chi connectivity index (χ4v) is 3.98. The van der Waals surface area contributed by atoms with Crippen LogP contribution < -0.4 is 10.3 Å². The fraction of sp³-hybridized carbons (Fsp3) is 0.154. The van der Waals surface area contributed by atoms with Gasteiger partial charge >= 0.3 is 0 Å². The number of nitrogens with zero attached hydrogens (tertiary/aromatic N) is 4. The standard InChI is InChI=1S/C26H22ClF2N5O2/c1-4-33(16(3)35)34-14-25(31-32-34)17-6-5-15(2)21(11-17)26(36)20-9-8-19(13-22(20)27)30-24-10-7-18(28)12-23(24)29/h5-14,30H,4H2,1-3H3. The largest absolute Gasteiger partial charge is 0.353 e. The summed E-state index contributed by atoms with van der Waals surface area (Å²) in [5.41, 5.74) is 3.09. The Morgan fingerprint density at radius 1 is 1.06 bits per heavy atom. The molecule has 0 radical (unpaired) electrons. The fourth-order valence-electron chi connectivity index (χ4n) is 3.71. The van der Waals surface area contributed by atoms with E-state index in [4.69, 9.17) is 11.6 Å². The molecule has 0 fully saturated rings. The van der Waals surface area contributed by atoms with Crippen molar-refractivity contribution in [1.29, 1.82) is 0 Å². The number of amides is 1. The lowest BCUT2D eigenvalue weighted by Gasteiger charge is -2.16. The minimum Gasteiger partial charge on any atom is -0.353 e. The number of hydrogen-bond donors (Lipinski definition) is 1. The van der Waals surface area contributed by atoms with E-state index in [-0.39, 0.29) is 28.0 Å². The molecule has 36 heavy (non-hydrogen) atoms. The van der Waals surface area contributed by atoms with Gasteiger partial charge in [-0.2, -0.15) is 4.79 Å². The van der Waals surface area contributed by atoms with Crippen LogP contribution in [0.5, 0.6) is 0 Å². The second-order valence-corrected chi connectivity index (χ2v) is 8.47. The van der Waals surface area contributed by atoms with E-state index in [1.54, 1.807) is 30.5 Å². The van der Waals surface area contributed by atoms with Crippen molar-refractivity contribution in [3.05, 3.63) is 94.1 Å². The zero-order valence-electron chi connectivity index (χ0n) is 19.7. The molecule has 1 N–H and O–H groups in total. The number of carbonyl (C=O) groups excluding carboxylic acids is 2. The average molecular weight is 510 g/mol. The number of carbonyl (C=O) groups is 2. The number of anilines is 2. The molecule has 0 atom stereocenters. The van der Waals surface area contributed by atoms with Gasteiger partial charge in [-0.15, -0.1) is 5.10 Å². The Labute approximate surface area is 211 Å². The van der Waals surface area contributed by atoms with Gasteiger partial charge in [0.1, 0.15) is 17.3 Å². The molecule has 184 valence electrons. The predicted octanol–water partition coefficient (Wildman–Crippen LogP) is 5.66. The normalized spacial score (nSPS) is 10.8.